The number of aryl methyl sites for hydroxylation is 1. The van der Waals surface area contributed by atoms with Crippen LogP contribution in [0, 0.1) is 6.92 Å². The van der Waals surface area contributed by atoms with E-state index in [9.17, 15) is 4.79 Å². The number of rotatable bonds is 20. The van der Waals surface area contributed by atoms with Crippen molar-refractivity contribution in [3.63, 3.8) is 0 Å². The molecule has 0 radical (unpaired) electrons. The van der Waals surface area contributed by atoms with E-state index in [4.69, 9.17) is 21.1 Å². The molecule has 0 spiro atoms. The second kappa shape index (κ2) is 18.7. The topological polar surface area (TPSA) is 51.4 Å². The van der Waals surface area contributed by atoms with Gasteiger partial charge >= 0.3 is 0 Å². The first-order valence-electron chi connectivity index (χ1n) is 14.9. The smallest absolute Gasteiger partial charge is 0.262 e. The Bertz CT molecular complexity index is 1130. The molecule has 5 nitrogen and oxygen atoms in total. The molecule has 0 aliphatic rings. The number of amides is 1. The molecule has 0 bridgehead atoms. The Kier molecular flexibility index (Phi) is 15.0. The minimum absolute atomic E-state index is 0.0917. The fourth-order valence-electron chi connectivity index (χ4n) is 4.59. The molecule has 0 saturated carbocycles. The van der Waals surface area contributed by atoms with Crippen LogP contribution in [-0.4, -0.2) is 19.1 Å². The number of hydrogen-bond acceptors (Lipinski definition) is 4. The van der Waals surface area contributed by atoms with Crippen LogP contribution in [0.25, 0.3) is 0 Å². The van der Waals surface area contributed by atoms with Crippen LogP contribution in [0.5, 0.6) is 11.5 Å². The van der Waals surface area contributed by atoms with E-state index in [-0.39, 0.29) is 12.5 Å². The molecule has 218 valence electrons. The summed E-state index contributed by atoms with van der Waals surface area (Å²) in [4.78, 5) is 13.7. The lowest BCUT2D eigenvalue weighted by Crippen LogP contribution is -2.30. The van der Waals surface area contributed by atoms with Crippen LogP contribution in [0.2, 0.25) is 5.02 Å². The Labute approximate surface area is 249 Å². The lowest BCUT2D eigenvalue weighted by molar-refractivity contribution is -0.683. The largest absolute Gasteiger partial charge is 0.492 e. The summed E-state index contributed by atoms with van der Waals surface area (Å²) < 4.78 is 13.8. The van der Waals surface area contributed by atoms with Gasteiger partial charge in [-0.2, -0.15) is 4.57 Å². The molecule has 1 aromatic heterocycles. The van der Waals surface area contributed by atoms with E-state index in [1.54, 1.807) is 29.5 Å². The molecule has 1 heterocycles. The van der Waals surface area contributed by atoms with E-state index in [0.717, 1.165) is 25.1 Å². The number of thiazole rings is 1. The first kappa shape index (κ1) is 32.0. The summed E-state index contributed by atoms with van der Waals surface area (Å²) in [6.45, 7) is 5.71. The first-order valence-corrected chi connectivity index (χ1v) is 16.2. The highest BCUT2D eigenvalue weighted by Gasteiger charge is 2.09. The molecule has 40 heavy (non-hydrogen) atoms. The van der Waals surface area contributed by atoms with Gasteiger partial charge in [-0.3, -0.25) is 4.79 Å². The number of anilines is 1. The molecule has 3 aromatic rings. The Morgan fingerprint density at radius 2 is 1.52 bits per heavy atom. The fourth-order valence-corrected chi connectivity index (χ4v) is 5.39. The molecule has 0 aliphatic carbocycles. The molecule has 0 unspecified atom stereocenters. The summed E-state index contributed by atoms with van der Waals surface area (Å²) in [7, 11) is 0. The highest BCUT2D eigenvalue weighted by atomic mass is 35.5. The van der Waals surface area contributed by atoms with Gasteiger partial charge in [0.2, 0.25) is 5.51 Å². The third-order valence-corrected chi connectivity index (χ3v) is 8.02. The molecule has 0 aliphatic heterocycles. The van der Waals surface area contributed by atoms with Crippen LogP contribution >= 0.6 is 22.9 Å². The third kappa shape index (κ3) is 12.7. The Balaban J connectivity index is 1.28. The van der Waals surface area contributed by atoms with Gasteiger partial charge in [-0.25, -0.2) is 0 Å². The molecular weight excluding hydrogens is 540 g/mol. The van der Waals surface area contributed by atoms with Crippen molar-refractivity contribution >= 4 is 34.5 Å². The quantitative estimate of drug-likeness (QED) is 0.106. The van der Waals surface area contributed by atoms with Gasteiger partial charge in [0.05, 0.1) is 16.5 Å². The molecule has 1 amide bonds. The lowest BCUT2D eigenvalue weighted by atomic mass is 10.1. The van der Waals surface area contributed by atoms with Crippen LogP contribution in [0.3, 0.4) is 0 Å². The fraction of sp³-hybridized carbons (Fsp3) is 0.515. The van der Waals surface area contributed by atoms with Crippen molar-refractivity contribution in [1.82, 2.24) is 0 Å². The number of hydrogen-bond donors (Lipinski definition) is 1. The normalized spacial score (nSPS) is 11.0. The molecule has 0 saturated heterocycles. The number of aromatic nitrogens is 1. The van der Waals surface area contributed by atoms with Gasteiger partial charge in [-0.1, -0.05) is 113 Å². The zero-order valence-corrected chi connectivity index (χ0v) is 25.8. The van der Waals surface area contributed by atoms with Crippen molar-refractivity contribution in [2.75, 3.05) is 18.5 Å². The van der Waals surface area contributed by atoms with Crippen LogP contribution in [0.15, 0.2) is 54.2 Å². The number of carbonyl (C=O) groups is 1. The monoisotopic (exact) mass is 585 g/mol. The van der Waals surface area contributed by atoms with Gasteiger partial charge in [0.25, 0.3) is 5.91 Å². The Hall–Kier alpha value is -2.57. The van der Waals surface area contributed by atoms with Crippen molar-refractivity contribution in [3.05, 3.63) is 69.6 Å². The summed E-state index contributed by atoms with van der Waals surface area (Å²) in [6, 6.07) is 13.1. The Morgan fingerprint density at radius 3 is 2.15 bits per heavy atom. The van der Waals surface area contributed by atoms with Gasteiger partial charge in [0.1, 0.15) is 11.5 Å². The standard InChI is InChI=1S/C33H45ClN2O3S/c1-3-4-5-6-7-8-9-10-11-12-13-14-21-38-32-22-30(19-20-31(32)34)39-25-33(37)35-29-17-15-28(16-18-29)24-36-23-27(2)40-26-36/h15-20,22-23,26H,3-14,21,24-25H2,1-2H3/p+1. The molecule has 2 aromatic carbocycles. The number of ether oxygens (including phenoxy) is 2. The molecule has 0 atom stereocenters. The maximum absolute atomic E-state index is 12.4. The molecule has 7 heteroatoms. The SMILES string of the molecule is CCCCCCCCCCCCCCOc1cc(OCC(=O)Nc2ccc(C[n+]3csc(C)c3)cc2)ccc1Cl. The van der Waals surface area contributed by atoms with Crippen molar-refractivity contribution in [3.8, 4) is 11.5 Å². The van der Waals surface area contributed by atoms with Gasteiger partial charge in [-0.05, 0) is 37.6 Å². The number of benzene rings is 2. The molecular formula is C33H46ClN2O3S+. The van der Waals surface area contributed by atoms with Crippen LogP contribution in [-0.2, 0) is 11.3 Å². The van der Waals surface area contributed by atoms with E-state index in [1.165, 1.54) is 74.6 Å². The van der Waals surface area contributed by atoms with Gasteiger partial charge in [-0.15, -0.1) is 0 Å². The summed E-state index contributed by atoms with van der Waals surface area (Å²) in [6.07, 6.45) is 17.8. The highest BCUT2D eigenvalue weighted by Crippen LogP contribution is 2.29. The van der Waals surface area contributed by atoms with E-state index in [2.05, 4.69) is 35.4 Å². The van der Waals surface area contributed by atoms with Gasteiger partial charge < -0.3 is 14.8 Å². The zero-order chi connectivity index (χ0) is 28.4. The van der Waals surface area contributed by atoms with E-state index in [0.29, 0.717) is 23.1 Å². The summed E-state index contributed by atoms with van der Waals surface area (Å²) in [5, 5.41) is 3.43. The lowest BCUT2D eigenvalue weighted by Gasteiger charge is -2.11. The maximum Gasteiger partial charge on any atom is 0.262 e. The van der Waals surface area contributed by atoms with E-state index >= 15 is 0 Å². The highest BCUT2D eigenvalue weighted by molar-refractivity contribution is 7.09. The van der Waals surface area contributed by atoms with E-state index < -0.39 is 0 Å². The molecule has 3 rings (SSSR count). The average Bonchev–Trinajstić information content (AvgIpc) is 3.36. The summed E-state index contributed by atoms with van der Waals surface area (Å²) in [5.74, 6) is 0.934. The summed E-state index contributed by atoms with van der Waals surface area (Å²) >= 11 is 8.05. The van der Waals surface area contributed by atoms with Crippen molar-refractivity contribution < 1.29 is 18.8 Å². The number of unbranched alkanes of at least 4 members (excludes halogenated alkanes) is 11. The van der Waals surface area contributed by atoms with Crippen molar-refractivity contribution in [2.24, 2.45) is 0 Å². The van der Waals surface area contributed by atoms with Crippen molar-refractivity contribution in [1.29, 1.82) is 0 Å². The van der Waals surface area contributed by atoms with Gasteiger partial charge in [0, 0.05) is 17.3 Å². The van der Waals surface area contributed by atoms with Crippen LogP contribution in [0.1, 0.15) is 94.4 Å². The van der Waals surface area contributed by atoms with Crippen molar-refractivity contribution in [2.45, 2.75) is 97.4 Å². The number of nitrogens with one attached hydrogen (secondary N) is 1. The second-order valence-electron chi connectivity index (χ2n) is 10.5. The second-order valence-corrected chi connectivity index (χ2v) is 12.0. The minimum Gasteiger partial charge on any atom is -0.492 e. The van der Waals surface area contributed by atoms with Crippen LogP contribution in [0.4, 0.5) is 5.69 Å². The number of halogens is 1. The third-order valence-electron chi connectivity index (χ3n) is 6.85. The maximum atomic E-state index is 12.4. The Morgan fingerprint density at radius 1 is 0.875 bits per heavy atom. The summed E-state index contributed by atoms with van der Waals surface area (Å²) in [5.41, 5.74) is 4.02. The number of nitrogens with zero attached hydrogens (tertiary/aromatic N) is 1. The number of carbonyl (C=O) groups excluding carboxylic acids is 1. The first-order chi connectivity index (χ1) is 19.5. The predicted molar refractivity (Wildman–Crippen MR) is 167 cm³/mol. The average molecular weight is 586 g/mol. The zero-order valence-electron chi connectivity index (χ0n) is 24.3. The minimum atomic E-state index is -0.218. The van der Waals surface area contributed by atoms with E-state index in [1.807, 2.05) is 24.3 Å². The predicted octanol–water partition coefficient (Wildman–Crippen LogP) is 9.14. The molecule has 0 fully saturated rings. The van der Waals surface area contributed by atoms with Gasteiger partial charge in [0.15, 0.2) is 19.3 Å². The molecule has 1 N–H and O–H groups in total. The van der Waals surface area contributed by atoms with Crippen LogP contribution < -0.4 is 19.4 Å².